The monoisotopic (exact) mass is 374 g/mol. The van der Waals surface area contributed by atoms with Crippen molar-refractivity contribution in [2.45, 2.75) is 64.3 Å². The molecule has 1 aromatic heterocycles. The van der Waals surface area contributed by atoms with Crippen molar-refractivity contribution >= 4 is 12.6 Å². The van der Waals surface area contributed by atoms with Gasteiger partial charge in [0.1, 0.15) is 0 Å². The average molecular weight is 375 g/mol. The molecule has 0 saturated carbocycles. The highest BCUT2D eigenvalue weighted by atomic mass is 79.9. The average Bonchev–Trinajstić information content (AvgIpc) is 2.47. The van der Waals surface area contributed by atoms with E-state index < -0.39 is 0 Å². The zero-order valence-corrected chi connectivity index (χ0v) is 15.6. The Hall–Kier alpha value is -0.0600. The molecule has 0 aliphatic carbocycles. The van der Waals surface area contributed by atoms with Gasteiger partial charge < -0.3 is 22.7 Å². The summed E-state index contributed by atoms with van der Waals surface area (Å²) in [5, 5.41) is 0. The normalized spacial score (nSPS) is 10.4. The molecular formula is C17H31BrN2S. The Bertz CT molecular complexity index is 330. The van der Waals surface area contributed by atoms with Crippen molar-refractivity contribution in [3.05, 3.63) is 30.1 Å². The van der Waals surface area contributed by atoms with Gasteiger partial charge in [-0.05, 0) is 31.4 Å². The van der Waals surface area contributed by atoms with Crippen LogP contribution in [0.5, 0.6) is 0 Å². The third kappa shape index (κ3) is 11.2. The Kier molecular flexibility index (Phi) is 14.8. The van der Waals surface area contributed by atoms with Crippen molar-refractivity contribution in [3.8, 4) is 0 Å². The van der Waals surface area contributed by atoms with Crippen LogP contribution in [0.3, 0.4) is 0 Å². The first kappa shape index (κ1) is 20.9. The van der Waals surface area contributed by atoms with Gasteiger partial charge in [0.2, 0.25) is 0 Å². The van der Waals surface area contributed by atoms with Gasteiger partial charge in [0.05, 0.1) is 0 Å². The third-order valence-electron chi connectivity index (χ3n) is 3.74. The second-order valence-electron chi connectivity index (χ2n) is 5.53. The lowest BCUT2D eigenvalue weighted by molar-refractivity contribution is -0.692. The van der Waals surface area contributed by atoms with E-state index in [1.807, 2.05) is 0 Å². The molecule has 21 heavy (non-hydrogen) atoms. The molecule has 0 saturated heterocycles. The first-order valence-electron chi connectivity index (χ1n) is 8.15. The predicted molar refractivity (Wildman–Crippen MR) is 90.2 cm³/mol. The zero-order valence-electron chi connectivity index (χ0n) is 13.1. The number of aromatic nitrogens is 1. The number of pyridine rings is 1. The largest absolute Gasteiger partial charge is 1.00 e. The van der Waals surface area contributed by atoms with Crippen LogP contribution >= 0.6 is 12.6 Å². The van der Waals surface area contributed by atoms with Crippen LogP contribution in [0, 0.1) is 0 Å². The van der Waals surface area contributed by atoms with E-state index in [9.17, 15) is 0 Å². The van der Waals surface area contributed by atoms with E-state index in [2.05, 4.69) is 41.7 Å². The van der Waals surface area contributed by atoms with Crippen LogP contribution in [0.4, 0.5) is 0 Å². The lowest BCUT2D eigenvalue weighted by Crippen LogP contribution is -3.00. The van der Waals surface area contributed by atoms with E-state index in [0.717, 1.165) is 18.8 Å². The predicted octanol–water partition coefficient (Wildman–Crippen LogP) is 0.530. The molecule has 0 spiro atoms. The van der Waals surface area contributed by atoms with E-state index in [1.165, 1.54) is 63.4 Å². The molecule has 122 valence electrons. The van der Waals surface area contributed by atoms with Crippen LogP contribution in [-0.2, 0) is 13.0 Å². The molecule has 0 aromatic carbocycles. The van der Waals surface area contributed by atoms with Gasteiger partial charge in [0, 0.05) is 17.9 Å². The summed E-state index contributed by atoms with van der Waals surface area (Å²) in [6.45, 7) is 1.85. The minimum atomic E-state index is 0. The van der Waals surface area contributed by atoms with Crippen LogP contribution in [0.1, 0.15) is 56.9 Å². The molecule has 0 atom stereocenters. The molecule has 1 heterocycles. The molecule has 0 aliphatic rings. The Balaban J connectivity index is 0.00000400. The summed E-state index contributed by atoms with van der Waals surface area (Å²) in [6.07, 6.45) is 16.3. The zero-order chi connectivity index (χ0) is 14.5. The number of thiol groups is 1. The molecule has 0 amide bonds. The minimum absolute atomic E-state index is 0. The van der Waals surface area contributed by atoms with Crippen molar-refractivity contribution < 1.29 is 21.5 Å². The van der Waals surface area contributed by atoms with Crippen molar-refractivity contribution in [1.82, 2.24) is 0 Å². The highest BCUT2D eigenvalue weighted by molar-refractivity contribution is 7.80. The number of nitrogens with two attached hydrogens (primary N) is 1. The number of hydrogen-bond acceptors (Lipinski definition) is 2. The van der Waals surface area contributed by atoms with Gasteiger partial charge >= 0.3 is 0 Å². The smallest absolute Gasteiger partial charge is 0.169 e. The van der Waals surface area contributed by atoms with Gasteiger partial charge in [-0.25, -0.2) is 4.57 Å². The molecule has 0 bridgehead atoms. The molecular weight excluding hydrogens is 344 g/mol. The minimum Gasteiger partial charge on any atom is -1.00 e. The van der Waals surface area contributed by atoms with Crippen LogP contribution in [0.15, 0.2) is 24.5 Å². The Labute approximate surface area is 146 Å². The maximum atomic E-state index is 5.49. The molecule has 0 unspecified atom stereocenters. The summed E-state index contributed by atoms with van der Waals surface area (Å²) in [4.78, 5) is 0. The van der Waals surface area contributed by atoms with Crippen molar-refractivity contribution in [3.63, 3.8) is 0 Å². The second kappa shape index (κ2) is 14.9. The first-order valence-corrected chi connectivity index (χ1v) is 8.79. The maximum Gasteiger partial charge on any atom is 0.169 e. The van der Waals surface area contributed by atoms with Crippen molar-refractivity contribution in [2.24, 2.45) is 5.73 Å². The van der Waals surface area contributed by atoms with Crippen LogP contribution in [-0.4, -0.2) is 12.3 Å². The topological polar surface area (TPSA) is 29.9 Å². The lowest BCUT2D eigenvalue weighted by Gasteiger charge is -2.02. The Morgan fingerprint density at radius 2 is 1.38 bits per heavy atom. The summed E-state index contributed by atoms with van der Waals surface area (Å²) >= 11 is 4.25. The number of nitrogens with zero attached hydrogens (tertiary/aromatic N) is 1. The summed E-state index contributed by atoms with van der Waals surface area (Å²) in [7, 11) is 0. The fraction of sp³-hybridized carbons (Fsp3) is 0.706. The van der Waals surface area contributed by atoms with Gasteiger partial charge in [0.15, 0.2) is 18.9 Å². The molecule has 0 aliphatic heterocycles. The molecule has 4 heteroatoms. The standard InChI is InChI=1S/C17H30N2S.BrH/c18-12-8-6-4-2-1-3-5-7-9-17-10-13-19(14-11-17)15-16-20;/h10-11,13-14H,1-9,12,15-16,18H2;1H. The van der Waals surface area contributed by atoms with E-state index >= 15 is 0 Å². The molecule has 1 rings (SSSR count). The van der Waals surface area contributed by atoms with E-state index in [0.29, 0.717) is 0 Å². The van der Waals surface area contributed by atoms with Crippen molar-refractivity contribution in [1.29, 1.82) is 0 Å². The fourth-order valence-electron chi connectivity index (χ4n) is 2.45. The van der Waals surface area contributed by atoms with Gasteiger partial charge in [-0.2, -0.15) is 12.6 Å². The molecule has 0 radical (unpaired) electrons. The Morgan fingerprint density at radius 1 is 0.857 bits per heavy atom. The van der Waals surface area contributed by atoms with E-state index in [-0.39, 0.29) is 17.0 Å². The van der Waals surface area contributed by atoms with Gasteiger partial charge in [-0.1, -0.05) is 38.5 Å². The van der Waals surface area contributed by atoms with Gasteiger partial charge in [0.25, 0.3) is 0 Å². The fourth-order valence-corrected chi connectivity index (χ4v) is 2.68. The van der Waals surface area contributed by atoms with Gasteiger partial charge in [-0.3, -0.25) is 0 Å². The summed E-state index contributed by atoms with van der Waals surface area (Å²) in [5.74, 6) is 0.898. The number of aryl methyl sites for hydroxylation is 2. The van der Waals surface area contributed by atoms with Crippen LogP contribution < -0.4 is 27.3 Å². The van der Waals surface area contributed by atoms with Crippen LogP contribution in [0.25, 0.3) is 0 Å². The molecule has 2 nitrogen and oxygen atoms in total. The summed E-state index contributed by atoms with van der Waals surface area (Å²) < 4.78 is 2.19. The number of halogens is 1. The highest BCUT2D eigenvalue weighted by Crippen LogP contribution is 2.10. The number of hydrogen-bond donors (Lipinski definition) is 2. The first-order chi connectivity index (χ1) is 9.86. The van der Waals surface area contributed by atoms with E-state index in [1.54, 1.807) is 0 Å². The lowest BCUT2D eigenvalue weighted by atomic mass is 10.0. The molecule has 0 fully saturated rings. The number of rotatable bonds is 12. The molecule has 2 N–H and O–H groups in total. The second-order valence-corrected chi connectivity index (χ2v) is 5.98. The van der Waals surface area contributed by atoms with E-state index in [4.69, 9.17) is 5.73 Å². The molecule has 1 aromatic rings. The quantitative estimate of drug-likeness (QED) is 0.312. The number of unbranched alkanes of at least 4 members (excludes halogenated alkanes) is 7. The SMILES string of the molecule is NCCCCCCCCCCc1cc[n+](CCS)cc1.[Br-]. The Morgan fingerprint density at radius 3 is 1.90 bits per heavy atom. The van der Waals surface area contributed by atoms with Crippen LogP contribution in [0.2, 0.25) is 0 Å². The maximum absolute atomic E-state index is 5.49. The highest BCUT2D eigenvalue weighted by Gasteiger charge is 1.99. The summed E-state index contributed by atoms with van der Waals surface area (Å²) in [6, 6.07) is 4.49. The third-order valence-corrected chi connectivity index (χ3v) is 3.94. The summed E-state index contributed by atoms with van der Waals surface area (Å²) in [5.41, 5.74) is 6.95. The van der Waals surface area contributed by atoms with Gasteiger partial charge in [-0.15, -0.1) is 0 Å². The van der Waals surface area contributed by atoms with Crippen molar-refractivity contribution in [2.75, 3.05) is 12.3 Å².